The molecule has 0 radical (unpaired) electrons. The van der Waals surface area contributed by atoms with E-state index in [1.165, 1.54) is 0 Å². The Morgan fingerprint density at radius 2 is 1.63 bits per heavy atom. The summed E-state index contributed by atoms with van der Waals surface area (Å²) in [5.41, 5.74) is 1.77. The first-order valence-corrected chi connectivity index (χ1v) is 7.22. The fraction of sp³-hybridized carbons (Fsp3) is 0.143. The summed E-state index contributed by atoms with van der Waals surface area (Å²) in [4.78, 5) is 0. The van der Waals surface area contributed by atoms with Crippen molar-refractivity contribution in [3.05, 3.63) is 62.5 Å². The van der Waals surface area contributed by atoms with Gasteiger partial charge >= 0.3 is 0 Å². The van der Waals surface area contributed by atoms with E-state index in [1.54, 1.807) is 18.2 Å². The normalized spacial score (nSPS) is 12.2. The van der Waals surface area contributed by atoms with Crippen LogP contribution < -0.4 is 5.32 Å². The fourth-order valence-corrected chi connectivity index (χ4v) is 2.57. The summed E-state index contributed by atoms with van der Waals surface area (Å²) in [6.45, 7) is -0.0489. The molecule has 0 fully saturated rings. The Balaban J connectivity index is 2.22. The van der Waals surface area contributed by atoms with Crippen LogP contribution in [0.15, 0.2) is 46.9 Å². The highest BCUT2D eigenvalue weighted by Gasteiger charge is 2.11. The zero-order valence-corrected chi connectivity index (χ0v) is 13.0. The molecule has 0 aliphatic heterocycles. The number of benzene rings is 2. The summed E-state index contributed by atoms with van der Waals surface area (Å²) in [6, 6.07) is 12.7. The van der Waals surface area contributed by atoms with E-state index in [-0.39, 0.29) is 12.6 Å². The minimum atomic E-state index is -0.252. The molecule has 0 aliphatic rings. The molecule has 2 rings (SSSR count). The molecule has 1 atom stereocenters. The lowest BCUT2D eigenvalue weighted by molar-refractivity contribution is 0.276. The van der Waals surface area contributed by atoms with Crippen molar-refractivity contribution in [2.75, 3.05) is 11.9 Å². The van der Waals surface area contributed by atoms with Gasteiger partial charge < -0.3 is 10.4 Å². The molecular formula is C14H12BrCl2NO. The zero-order chi connectivity index (χ0) is 13.8. The van der Waals surface area contributed by atoms with Crippen LogP contribution in [0.25, 0.3) is 0 Å². The number of rotatable bonds is 4. The Morgan fingerprint density at radius 1 is 1.05 bits per heavy atom. The summed E-state index contributed by atoms with van der Waals surface area (Å²) in [5.74, 6) is 0. The van der Waals surface area contributed by atoms with Gasteiger partial charge in [0.15, 0.2) is 0 Å². The van der Waals surface area contributed by atoms with Crippen molar-refractivity contribution in [2.45, 2.75) is 6.04 Å². The average Bonchev–Trinajstić information content (AvgIpc) is 2.37. The van der Waals surface area contributed by atoms with Gasteiger partial charge in [-0.25, -0.2) is 0 Å². The highest BCUT2D eigenvalue weighted by molar-refractivity contribution is 9.10. The van der Waals surface area contributed by atoms with Crippen LogP contribution in [0.4, 0.5) is 5.69 Å². The average molecular weight is 361 g/mol. The standard InChI is InChI=1S/C14H12BrCl2NO/c15-10-1-3-13(4-2-10)18-14(8-19)9-5-11(16)7-12(17)6-9/h1-7,14,18-19H,8H2. The highest BCUT2D eigenvalue weighted by Crippen LogP contribution is 2.26. The van der Waals surface area contributed by atoms with E-state index >= 15 is 0 Å². The van der Waals surface area contributed by atoms with Gasteiger partial charge in [0, 0.05) is 20.2 Å². The number of hydrogen-bond donors (Lipinski definition) is 2. The molecular weight excluding hydrogens is 349 g/mol. The number of halogens is 3. The molecule has 0 saturated heterocycles. The SMILES string of the molecule is OCC(Nc1ccc(Br)cc1)c1cc(Cl)cc(Cl)c1. The quantitative estimate of drug-likeness (QED) is 0.812. The lowest BCUT2D eigenvalue weighted by Gasteiger charge is -2.18. The first kappa shape index (κ1) is 14.7. The smallest absolute Gasteiger partial charge is 0.0746 e. The Labute approximate surface area is 130 Å². The molecule has 0 amide bonds. The van der Waals surface area contributed by atoms with Crippen molar-refractivity contribution in [1.29, 1.82) is 0 Å². The van der Waals surface area contributed by atoms with Crippen LogP contribution in [-0.2, 0) is 0 Å². The minimum absolute atomic E-state index is 0.0489. The monoisotopic (exact) mass is 359 g/mol. The molecule has 0 aromatic heterocycles. The molecule has 5 heteroatoms. The Hall–Kier alpha value is -0.740. The van der Waals surface area contributed by atoms with Crippen molar-refractivity contribution < 1.29 is 5.11 Å². The number of anilines is 1. The Kier molecular flexibility index (Phi) is 5.11. The Morgan fingerprint density at radius 3 is 2.16 bits per heavy atom. The first-order valence-electron chi connectivity index (χ1n) is 5.67. The molecule has 1 unspecified atom stereocenters. The van der Waals surface area contributed by atoms with Crippen molar-refractivity contribution in [2.24, 2.45) is 0 Å². The molecule has 2 aromatic carbocycles. The summed E-state index contributed by atoms with van der Waals surface area (Å²) in [6.07, 6.45) is 0. The van der Waals surface area contributed by atoms with E-state index in [1.807, 2.05) is 24.3 Å². The van der Waals surface area contributed by atoms with Crippen LogP contribution in [0.5, 0.6) is 0 Å². The van der Waals surface area contributed by atoms with E-state index < -0.39 is 0 Å². The summed E-state index contributed by atoms with van der Waals surface area (Å²) < 4.78 is 1.00. The van der Waals surface area contributed by atoms with Crippen LogP contribution in [0.2, 0.25) is 10.0 Å². The second-order valence-electron chi connectivity index (χ2n) is 4.09. The number of aliphatic hydroxyl groups excluding tert-OH is 1. The van der Waals surface area contributed by atoms with Gasteiger partial charge in [0.25, 0.3) is 0 Å². The van der Waals surface area contributed by atoms with Gasteiger partial charge in [-0.1, -0.05) is 39.1 Å². The predicted molar refractivity (Wildman–Crippen MR) is 84.1 cm³/mol. The molecule has 2 N–H and O–H groups in total. The van der Waals surface area contributed by atoms with E-state index in [4.69, 9.17) is 23.2 Å². The van der Waals surface area contributed by atoms with Crippen molar-refractivity contribution in [1.82, 2.24) is 0 Å². The summed E-state index contributed by atoms with van der Waals surface area (Å²) in [5, 5.41) is 13.9. The molecule has 0 spiro atoms. The van der Waals surface area contributed by atoms with Gasteiger partial charge in [-0.05, 0) is 48.0 Å². The van der Waals surface area contributed by atoms with E-state index in [0.29, 0.717) is 10.0 Å². The zero-order valence-electron chi connectivity index (χ0n) is 9.91. The number of nitrogens with one attached hydrogen (secondary N) is 1. The van der Waals surface area contributed by atoms with Crippen LogP contribution in [-0.4, -0.2) is 11.7 Å². The minimum Gasteiger partial charge on any atom is -0.394 e. The van der Waals surface area contributed by atoms with Crippen molar-refractivity contribution >= 4 is 44.8 Å². The van der Waals surface area contributed by atoms with Gasteiger partial charge in [0.2, 0.25) is 0 Å². The molecule has 0 aliphatic carbocycles. The van der Waals surface area contributed by atoms with E-state index in [2.05, 4.69) is 21.2 Å². The Bertz CT molecular complexity index is 540. The molecule has 100 valence electrons. The first-order chi connectivity index (χ1) is 9.08. The van der Waals surface area contributed by atoms with Gasteiger partial charge in [0.05, 0.1) is 12.6 Å². The second-order valence-corrected chi connectivity index (χ2v) is 5.88. The number of aliphatic hydroxyl groups is 1. The topological polar surface area (TPSA) is 32.3 Å². The predicted octanol–water partition coefficient (Wildman–Crippen LogP) is 4.90. The van der Waals surface area contributed by atoms with E-state index in [9.17, 15) is 5.11 Å². The van der Waals surface area contributed by atoms with Gasteiger partial charge in [-0.3, -0.25) is 0 Å². The second kappa shape index (κ2) is 6.62. The summed E-state index contributed by atoms with van der Waals surface area (Å²) >= 11 is 15.3. The lowest BCUT2D eigenvalue weighted by atomic mass is 10.1. The molecule has 19 heavy (non-hydrogen) atoms. The maximum absolute atomic E-state index is 9.52. The summed E-state index contributed by atoms with van der Waals surface area (Å²) in [7, 11) is 0. The maximum Gasteiger partial charge on any atom is 0.0746 e. The van der Waals surface area contributed by atoms with Crippen molar-refractivity contribution in [3.63, 3.8) is 0 Å². The van der Waals surface area contributed by atoms with Crippen LogP contribution in [0.3, 0.4) is 0 Å². The van der Waals surface area contributed by atoms with Crippen LogP contribution >= 0.6 is 39.1 Å². The van der Waals surface area contributed by atoms with Crippen LogP contribution in [0, 0.1) is 0 Å². The molecule has 0 saturated carbocycles. The van der Waals surface area contributed by atoms with Gasteiger partial charge in [-0.15, -0.1) is 0 Å². The van der Waals surface area contributed by atoms with Gasteiger partial charge in [0.1, 0.15) is 0 Å². The third-order valence-corrected chi connectivity index (χ3v) is 3.62. The van der Waals surface area contributed by atoms with E-state index in [0.717, 1.165) is 15.7 Å². The third-order valence-electron chi connectivity index (χ3n) is 2.65. The number of hydrogen-bond acceptors (Lipinski definition) is 2. The molecule has 0 heterocycles. The lowest BCUT2D eigenvalue weighted by Crippen LogP contribution is -2.14. The molecule has 0 bridgehead atoms. The third kappa shape index (κ3) is 4.11. The van der Waals surface area contributed by atoms with Crippen molar-refractivity contribution in [3.8, 4) is 0 Å². The maximum atomic E-state index is 9.52. The fourth-order valence-electron chi connectivity index (χ4n) is 1.76. The van der Waals surface area contributed by atoms with Gasteiger partial charge in [-0.2, -0.15) is 0 Å². The highest BCUT2D eigenvalue weighted by atomic mass is 79.9. The molecule has 2 nitrogen and oxygen atoms in total. The van der Waals surface area contributed by atoms with Crippen LogP contribution in [0.1, 0.15) is 11.6 Å². The largest absolute Gasteiger partial charge is 0.394 e. The molecule has 2 aromatic rings.